The van der Waals surface area contributed by atoms with Crippen LogP contribution in [-0.4, -0.2) is 86.1 Å². The van der Waals surface area contributed by atoms with Crippen molar-refractivity contribution in [3.8, 4) is 0 Å². The molecule has 0 amide bonds. The number of furan rings is 1. The Labute approximate surface area is 128 Å². The largest absolute Gasteiger partial charge is 0.463 e. The van der Waals surface area contributed by atoms with Crippen molar-refractivity contribution >= 4 is 0 Å². The van der Waals surface area contributed by atoms with E-state index >= 15 is 0 Å². The first-order chi connectivity index (χ1) is 10.2. The first-order valence-corrected chi connectivity index (χ1v) is 8.08. The lowest BCUT2D eigenvalue weighted by Gasteiger charge is -2.32. The second-order valence-electron chi connectivity index (χ2n) is 6.53. The van der Waals surface area contributed by atoms with Crippen LogP contribution in [0.3, 0.4) is 0 Å². The van der Waals surface area contributed by atoms with E-state index in [0.717, 1.165) is 77.0 Å². The van der Waals surface area contributed by atoms with Gasteiger partial charge in [-0.05, 0) is 26.2 Å². The standard InChI is InChI=1S/C16H28N4O/c1-17-5-9-19(10-6-17)13-15-3-4-16(21-15)14-20-11-7-18(2)8-12-20/h3-4H,5-14H2,1-2H3. The molecule has 1 aromatic rings. The van der Waals surface area contributed by atoms with Crippen LogP contribution in [-0.2, 0) is 13.1 Å². The predicted molar refractivity (Wildman–Crippen MR) is 84.3 cm³/mol. The summed E-state index contributed by atoms with van der Waals surface area (Å²) in [7, 11) is 4.39. The molecule has 1 aromatic heterocycles. The maximum absolute atomic E-state index is 6.03. The Kier molecular flexibility index (Phi) is 4.95. The van der Waals surface area contributed by atoms with Crippen molar-refractivity contribution in [2.75, 3.05) is 66.5 Å². The Morgan fingerprint density at radius 1 is 0.714 bits per heavy atom. The lowest BCUT2D eigenvalue weighted by molar-refractivity contribution is 0.130. The van der Waals surface area contributed by atoms with E-state index in [2.05, 4.69) is 45.8 Å². The maximum Gasteiger partial charge on any atom is 0.118 e. The first-order valence-electron chi connectivity index (χ1n) is 8.08. The molecule has 0 aliphatic carbocycles. The van der Waals surface area contributed by atoms with Crippen LogP contribution < -0.4 is 0 Å². The molecule has 118 valence electrons. The summed E-state index contributed by atoms with van der Waals surface area (Å²) < 4.78 is 6.03. The number of nitrogens with zero attached hydrogens (tertiary/aromatic N) is 4. The zero-order valence-electron chi connectivity index (χ0n) is 13.4. The second-order valence-corrected chi connectivity index (χ2v) is 6.53. The molecule has 0 atom stereocenters. The van der Waals surface area contributed by atoms with Gasteiger partial charge in [0, 0.05) is 52.4 Å². The van der Waals surface area contributed by atoms with Gasteiger partial charge < -0.3 is 14.2 Å². The summed E-state index contributed by atoms with van der Waals surface area (Å²) in [6.45, 7) is 11.1. The minimum absolute atomic E-state index is 0.955. The van der Waals surface area contributed by atoms with E-state index in [-0.39, 0.29) is 0 Å². The lowest BCUT2D eigenvalue weighted by Crippen LogP contribution is -2.44. The summed E-state index contributed by atoms with van der Waals surface area (Å²) in [5, 5.41) is 0. The molecule has 3 heterocycles. The molecule has 5 heteroatoms. The normalized spacial score (nSPS) is 23.7. The third kappa shape index (κ3) is 4.30. The van der Waals surface area contributed by atoms with Crippen molar-refractivity contribution in [1.82, 2.24) is 19.6 Å². The lowest BCUT2D eigenvalue weighted by atomic mass is 10.3. The van der Waals surface area contributed by atoms with Gasteiger partial charge in [-0.25, -0.2) is 0 Å². The molecule has 2 saturated heterocycles. The van der Waals surface area contributed by atoms with Crippen LogP contribution in [0.25, 0.3) is 0 Å². The summed E-state index contributed by atoms with van der Waals surface area (Å²) in [5.74, 6) is 2.23. The maximum atomic E-state index is 6.03. The Bertz CT molecular complexity index is 393. The molecule has 0 N–H and O–H groups in total. The van der Waals surface area contributed by atoms with E-state index in [9.17, 15) is 0 Å². The molecule has 2 aliphatic heterocycles. The van der Waals surface area contributed by atoms with Crippen LogP contribution in [0.2, 0.25) is 0 Å². The molecule has 0 saturated carbocycles. The number of hydrogen-bond donors (Lipinski definition) is 0. The van der Waals surface area contributed by atoms with E-state index in [1.807, 2.05) is 0 Å². The van der Waals surface area contributed by atoms with Gasteiger partial charge in [-0.1, -0.05) is 0 Å². The van der Waals surface area contributed by atoms with E-state index in [0.29, 0.717) is 0 Å². The van der Waals surface area contributed by atoms with Gasteiger partial charge in [-0.2, -0.15) is 0 Å². The topological polar surface area (TPSA) is 26.1 Å². The highest BCUT2D eigenvalue weighted by atomic mass is 16.3. The molecule has 0 radical (unpaired) electrons. The van der Waals surface area contributed by atoms with Gasteiger partial charge in [0.15, 0.2) is 0 Å². The van der Waals surface area contributed by atoms with Crippen LogP contribution in [0.4, 0.5) is 0 Å². The van der Waals surface area contributed by atoms with Crippen molar-refractivity contribution in [3.05, 3.63) is 23.7 Å². The molecule has 0 aromatic carbocycles. The first kappa shape index (κ1) is 15.0. The molecule has 2 fully saturated rings. The summed E-state index contributed by atoms with van der Waals surface area (Å²) in [6.07, 6.45) is 0. The van der Waals surface area contributed by atoms with E-state index in [4.69, 9.17) is 4.42 Å². The SMILES string of the molecule is CN1CCN(Cc2ccc(CN3CCN(C)CC3)o2)CC1. The molecular formula is C16H28N4O. The Morgan fingerprint density at radius 3 is 1.48 bits per heavy atom. The number of piperazine rings is 2. The molecule has 2 aliphatic rings. The zero-order valence-corrected chi connectivity index (χ0v) is 13.4. The Morgan fingerprint density at radius 2 is 1.10 bits per heavy atom. The highest BCUT2D eigenvalue weighted by Crippen LogP contribution is 2.14. The van der Waals surface area contributed by atoms with Crippen molar-refractivity contribution in [2.45, 2.75) is 13.1 Å². The average molecular weight is 292 g/mol. The van der Waals surface area contributed by atoms with Crippen molar-refractivity contribution in [2.24, 2.45) is 0 Å². The zero-order chi connectivity index (χ0) is 14.7. The fraction of sp³-hybridized carbons (Fsp3) is 0.750. The van der Waals surface area contributed by atoms with E-state index < -0.39 is 0 Å². The van der Waals surface area contributed by atoms with Gasteiger partial charge in [-0.15, -0.1) is 0 Å². The fourth-order valence-electron chi connectivity index (χ4n) is 3.05. The molecule has 3 rings (SSSR count). The molecule has 5 nitrogen and oxygen atoms in total. The fourth-order valence-corrected chi connectivity index (χ4v) is 3.05. The predicted octanol–water partition coefficient (Wildman–Crippen LogP) is 0.774. The van der Waals surface area contributed by atoms with Gasteiger partial charge in [0.25, 0.3) is 0 Å². The quantitative estimate of drug-likeness (QED) is 0.817. The third-order valence-electron chi connectivity index (χ3n) is 4.67. The van der Waals surface area contributed by atoms with Crippen LogP contribution in [0.5, 0.6) is 0 Å². The minimum Gasteiger partial charge on any atom is -0.463 e. The van der Waals surface area contributed by atoms with Crippen LogP contribution in [0, 0.1) is 0 Å². The summed E-state index contributed by atoms with van der Waals surface area (Å²) >= 11 is 0. The van der Waals surface area contributed by atoms with E-state index in [1.165, 1.54) is 0 Å². The second kappa shape index (κ2) is 6.92. The number of rotatable bonds is 4. The number of likely N-dealkylation sites (N-methyl/N-ethyl adjacent to an activating group) is 2. The van der Waals surface area contributed by atoms with Gasteiger partial charge in [0.05, 0.1) is 13.1 Å². The van der Waals surface area contributed by atoms with Crippen LogP contribution in [0.1, 0.15) is 11.5 Å². The monoisotopic (exact) mass is 292 g/mol. The molecule has 0 unspecified atom stereocenters. The summed E-state index contributed by atoms with van der Waals surface area (Å²) in [6, 6.07) is 4.31. The van der Waals surface area contributed by atoms with Gasteiger partial charge in [0.2, 0.25) is 0 Å². The molecular weight excluding hydrogens is 264 g/mol. The Balaban J connectivity index is 1.47. The van der Waals surface area contributed by atoms with Crippen molar-refractivity contribution in [1.29, 1.82) is 0 Å². The summed E-state index contributed by atoms with van der Waals surface area (Å²) in [5.41, 5.74) is 0. The molecule has 0 spiro atoms. The van der Waals surface area contributed by atoms with Crippen LogP contribution >= 0.6 is 0 Å². The minimum atomic E-state index is 0.955. The summed E-state index contributed by atoms with van der Waals surface area (Å²) in [4.78, 5) is 9.74. The number of hydrogen-bond acceptors (Lipinski definition) is 5. The molecule has 0 bridgehead atoms. The smallest absolute Gasteiger partial charge is 0.118 e. The van der Waals surface area contributed by atoms with Gasteiger partial charge in [-0.3, -0.25) is 9.80 Å². The Hall–Kier alpha value is -0.880. The highest BCUT2D eigenvalue weighted by molar-refractivity contribution is 5.07. The van der Waals surface area contributed by atoms with Crippen LogP contribution in [0.15, 0.2) is 16.5 Å². The highest BCUT2D eigenvalue weighted by Gasteiger charge is 2.17. The van der Waals surface area contributed by atoms with Gasteiger partial charge >= 0.3 is 0 Å². The van der Waals surface area contributed by atoms with E-state index in [1.54, 1.807) is 0 Å². The van der Waals surface area contributed by atoms with Gasteiger partial charge in [0.1, 0.15) is 11.5 Å². The third-order valence-corrected chi connectivity index (χ3v) is 4.67. The van der Waals surface area contributed by atoms with Crippen molar-refractivity contribution < 1.29 is 4.42 Å². The average Bonchev–Trinajstić information content (AvgIpc) is 2.91. The molecule has 21 heavy (non-hydrogen) atoms. The van der Waals surface area contributed by atoms with Crippen molar-refractivity contribution in [3.63, 3.8) is 0 Å².